The number of aromatic nitrogens is 1. The molecule has 1 aromatic heterocycles. The summed E-state index contributed by atoms with van der Waals surface area (Å²) in [5, 5.41) is 0. The Kier molecular flexibility index (Phi) is 7.58. The van der Waals surface area contributed by atoms with Crippen molar-refractivity contribution in [3.05, 3.63) is 78.5 Å². The summed E-state index contributed by atoms with van der Waals surface area (Å²) in [5.41, 5.74) is 3.15. The number of ether oxygens (including phenoxy) is 2. The molecule has 0 atom stereocenters. The fourth-order valence-electron chi connectivity index (χ4n) is 4.79. The van der Waals surface area contributed by atoms with Crippen molar-refractivity contribution in [2.45, 2.75) is 33.0 Å². The first-order valence-electron chi connectivity index (χ1n) is 13.3. The second-order valence-corrected chi connectivity index (χ2v) is 10.7. The molecule has 5 rings (SSSR count). The van der Waals surface area contributed by atoms with E-state index in [0.717, 1.165) is 28.4 Å². The maximum absolute atomic E-state index is 12.8. The van der Waals surface area contributed by atoms with Gasteiger partial charge in [-0.25, -0.2) is 14.6 Å². The second kappa shape index (κ2) is 11.2. The highest BCUT2D eigenvalue weighted by molar-refractivity contribution is 5.95. The summed E-state index contributed by atoms with van der Waals surface area (Å²) in [6.07, 6.45) is 1.25. The summed E-state index contributed by atoms with van der Waals surface area (Å²) in [5.74, 6) is 0.818. The Labute approximate surface area is 229 Å². The number of carbonyl (C=O) groups excluding carboxylic acids is 2. The molecule has 2 aliphatic rings. The highest BCUT2D eigenvalue weighted by atomic mass is 16.6. The molecule has 0 aliphatic carbocycles. The van der Waals surface area contributed by atoms with Crippen LogP contribution in [0.3, 0.4) is 0 Å². The largest absolute Gasteiger partial charge is 0.445 e. The van der Waals surface area contributed by atoms with E-state index in [4.69, 9.17) is 14.5 Å². The second-order valence-electron chi connectivity index (χ2n) is 10.7. The van der Waals surface area contributed by atoms with E-state index >= 15 is 0 Å². The van der Waals surface area contributed by atoms with E-state index in [-0.39, 0.29) is 18.8 Å². The van der Waals surface area contributed by atoms with Crippen molar-refractivity contribution >= 4 is 35.1 Å². The molecule has 3 aromatic rings. The van der Waals surface area contributed by atoms with Gasteiger partial charge in [-0.2, -0.15) is 0 Å². The lowest BCUT2D eigenvalue weighted by molar-refractivity contribution is 0.0580. The highest BCUT2D eigenvalue weighted by Crippen LogP contribution is 2.37. The molecule has 2 amide bonds. The SMILES string of the molecule is CC(C)(C)OC(=O)N1CCN(c2ccc(N3CCN(C(=O)OCc4ccccc4)CC3)cn2)c2ccccc21. The van der Waals surface area contributed by atoms with E-state index in [1.807, 2.05) is 87.6 Å². The number of para-hydroxylation sites is 2. The lowest BCUT2D eigenvalue weighted by atomic mass is 10.1. The number of anilines is 4. The summed E-state index contributed by atoms with van der Waals surface area (Å²) in [7, 11) is 0. The molecular weight excluding hydrogens is 494 g/mol. The molecule has 0 N–H and O–H groups in total. The van der Waals surface area contributed by atoms with E-state index < -0.39 is 5.60 Å². The predicted octanol–water partition coefficient (Wildman–Crippen LogP) is 5.43. The van der Waals surface area contributed by atoms with E-state index in [2.05, 4.69) is 15.9 Å². The molecule has 9 heteroatoms. The number of amides is 2. The van der Waals surface area contributed by atoms with Crippen molar-refractivity contribution in [2.75, 3.05) is 54.0 Å². The van der Waals surface area contributed by atoms with E-state index in [1.54, 1.807) is 9.80 Å². The minimum absolute atomic E-state index is 0.278. The van der Waals surface area contributed by atoms with Crippen LogP contribution >= 0.6 is 0 Å². The van der Waals surface area contributed by atoms with Gasteiger partial charge < -0.3 is 24.2 Å². The summed E-state index contributed by atoms with van der Waals surface area (Å²) in [6.45, 7) is 9.59. The molecule has 0 radical (unpaired) electrons. The highest BCUT2D eigenvalue weighted by Gasteiger charge is 2.31. The maximum Gasteiger partial charge on any atom is 0.414 e. The van der Waals surface area contributed by atoms with Crippen LogP contribution in [0.2, 0.25) is 0 Å². The average molecular weight is 530 g/mol. The number of nitrogens with zero attached hydrogens (tertiary/aromatic N) is 5. The summed E-state index contributed by atoms with van der Waals surface area (Å²) >= 11 is 0. The minimum atomic E-state index is -0.561. The topological polar surface area (TPSA) is 78.5 Å². The van der Waals surface area contributed by atoms with E-state index in [0.29, 0.717) is 39.3 Å². The summed E-state index contributed by atoms with van der Waals surface area (Å²) in [4.78, 5) is 37.9. The molecule has 0 bridgehead atoms. The van der Waals surface area contributed by atoms with Crippen molar-refractivity contribution in [3.8, 4) is 0 Å². The van der Waals surface area contributed by atoms with Crippen molar-refractivity contribution in [1.82, 2.24) is 9.88 Å². The molecule has 0 unspecified atom stereocenters. The zero-order valence-electron chi connectivity index (χ0n) is 22.7. The number of rotatable bonds is 4. The van der Waals surface area contributed by atoms with Gasteiger partial charge in [0.1, 0.15) is 18.0 Å². The lowest BCUT2D eigenvalue weighted by Gasteiger charge is -2.38. The Morgan fingerprint density at radius 2 is 1.49 bits per heavy atom. The lowest BCUT2D eigenvalue weighted by Crippen LogP contribution is -2.49. The molecule has 2 aliphatic heterocycles. The summed E-state index contributed by atoms with van der Waals surface area (Å²) < 4.78 is 11.1. The molecule has 1 fully saturated rings. The van der Waals surface area contributed by atoms with Gasteiger partial charge in [0.05, 0.1) is 23.3 Å². The van der Waals surface area contributed by atoms with Crippen LogP contribution < -0.4 is 14.7 Å². The zero-order valence-corrected chi connectivity index (χ0v) is 22.7. The molecule has 9 nitrogen and oxygen atoms in total. The quantitative estimate of drug-likeness (QED) is 0.446. The van der Waals surface area contributed by atoms with Crippen LogP contribution in [0.15, 0.2) is 72.9 Å². The van der Waals surface area contributed by atoms with Gasteiger partial charge in [0.2, 0.25) is 0 Å². The number of pyridine rings is 1. The number of benzene rings is 2. The minimum Gasteiger partial charge on any atom is -0.445 e. The van der Waals surface area contributed by atoms with Crippen LogP contribution in [-0.2, 0) is 16.1 Å². The Hall–Kier alpha value is -4.27. The molecule has 0 spiro atoms. The van der Waals surface area contributed by atoms with Gasteiger partial charge in [0.25, 0.3) is 0 Å². The predicted molar refractivity (Wildman–Crippen MR) is 152 cm³/mol. The van der Waals surface area contributed by atoms with Crippen LogP contribution in [0, 0.1) is 0 Å². The first-order valence-corrected chi connectivity index (χ1v) is 13.3. The Morgan fingerprint density at radius 1 is 0.795 bits per heavy atom. The first-order chi connectivity index (χ1) is 18.8. The van der Waals surface area contributed by atoms with Gasteiger partial charge in [0, 0.05) is 39.3 Å². The van der Waals surface area contributed by atoms with Crippen molar-refractivity contribution in [1.29, 1.82) is 0 Å². The molecule has 39 heavy (non-hydrogen) atoms. The number of piperazine rings is 1. The average Bonchev–Trinajstić information content (AvgIpc) is 2.95. The van der Waals surface area contributed by atoms with Crippen molar-refractivity contribution in [3.63, 3.8) is 0 Å². The summed E-state index contributed by atoms with van der Waals surface area (Å²) in [6, 6.07) is 21.6. The first kappa shape index (κ1) is 26.3. The van der Waals surface area contributed by atoms with Gasteiger partial charge >= 0.3 is 12.2 Å². The van der Waals surface area contributed by atoms with Crippen LogP contribution in [0.4, 0.5) is 32.5 Å². The van der Waals surface area contributed by atoms with Gasteiger partial charge in [-0.05, 0) is 50.6 Å². The third-order valence-corrected chi connectivity index (χ3v) is 6.74. The normalized spacial score (nSPS) is 15.6. The molecule has 204 valence electrons. The van der Waals surface area contributed by atoms with E-state index in [1.165, 1.54) is 0 Å². The number of fused-ring (bicyclic) bond motifs is 1. The van der Waals surface area contributed by atoms with Crippen LogP contribution in [0.5, 0.6) is 0 Å². The van der Waals surface area contributed by atoms with Crippen LogP contribution in [0.25, 0.3) is 0 Å². The Morgan fingerprint density at radius 3 is 2.15 bits per heavy atom. The zero-order chi connectivity index (χ0) is 27.4. The Balaban J connectivity index is 1.20. The monoisotopic (exact) mass is 529 g/mol. The van der Waals surface area contributed by atoms with Crippen LogP contribution in [0.1, 0.15) is 26.3 Å². The van der Waals surface area contributed by atoms with Gasteiger partial charge in [0.15, 0.2) is 0 Å². The molecule has 2 aromatic carbocycles. The van der Waals surface area contributed by atoms with E-state index in [9.17, 15) is 9.59 Å². The van der Waals surface area contributed by atoms with Gasteiger partial charge in [-0.3, -0.25) is 4.90 Å². The fourth-order valence-corrected chi connectivity index (χ4v) is 4.79. The Bertz CT molecular complexity index is 1280. The standard InChI is InChI=1S/C30H35N5O4/c1-30(2,3)39-29(37)35-20-19-34(25-11-7-8-12-26(25)35)27-14-13-24(21-31-27)32-15-17-33(18-16-32)28(36)38-22-23-9-5-4-6-10-23/h4-14,21H,15-20,22H2,1-3H3. The fraction of sp³-hybridized carbons (Fsp3) is 0.367. The molecule has 0 saturated carbocycles. The maximum atomic E-state index is 12.8. The molecule has 3 heterocycles. The number of carbonyl (C=O) groups is 2. The molecule has 1 saturated heterocycles. The third kappa shape index (κ3) is 6.25. The van der Waals surface area contributed by atoms with Crippen LogP contribution in [-0.4, -0.2) is 66.9 Å². The van der Waals surface area contributed by atoms with Crippen molar-refractivity contribution < 1.29 is 19.1 Å². The van der Waals surface area contributed by atoms with Gasteiger partial charge in [-0.15, -0.1) is 0 Å². The number of hydrogen-bond donors (Lipinski definition) is 0. The molecular formula is C30H35N5O4. The van der Waals surface area contributed by atoms with Gasteiger partial charge in [-0.1, -0.05) is 42.5 Å². The smallest absolute Gasteiger partial charge is 0.414 e. The van der Waals surface area contributed by atoms with Crippen molar-refractivity contribution in [2.24, 2.45) is 0 Å². The number of hydrogen-bond acceptors (Lipinski definition) is 7. The third-order valence-electron chi connectivity index (χ3n) is 6.74.